The van der Waals surface area contributed by atoms with E-state index in [0.29, 0.717) is 11.1 Å². The Morgan fingerprint density at radius 2 is 1.22 bits per heavy atom. The second-order valence-electron chi connectivity index (χ2n) is 5.53. The Hall–Kier alpha value is -3.00. The van der Waals surface area contributed by atoms with Crippen LogP contribution in [0.5, 0.6) is 0 Å². The topological polar surface area (TPSA) is 17.1 Å². The molecule has 2 heteroatoms. The van der Waals surface area contributed by atoms with E-state index in [-0.39, 0.29) is 11.6 Å². The minimum Gasteiger partial charge on any atom is -0.289 e. The number of ketones is 1. The van der Waals surface area contributed by atoms with Gasteiger partial charge in [-0.05, 0) is 51.9 Å². The van der Waals surface area contributed by atoms with Gasteiger partial charge in [0.1, 0.15) is 5.82 Å². The van der Waals surface area contributed by atoms with Gasteiger partial charge in [-0.3, -0.25) is 4.79 Å². The summed E-state index contributed by atoms with van der Waals surface area (Å²) >= 11 is 0. The normalized spacial score (nSPS) is 11.0. The lowest BCUT2D eigenvalue weighted by Crippen LogP contribution is -2.03. The van der Waals surface area contributed by atoms with Gasteiger partial charge in [0.25, 0.3) is 0 Å². The first-order chi connectivity index (χ1) is 11.2. The van der Waals surface area contributed by atoms with Gasteiger partial charge < -0.3 is 0 Å². The smallest absolute Gasteiger partial charge is 0.194 e. The van der Waals surface area contributed by atoms with E-state index >= 15 is 0 Å². The molecule has 0 saturated carbocycles. The Morgan fingerprint density at radius 3 is 1.78 bits per heavy atom. The number of benzene rings is 4. The minimum atomic E-state index is -0.343. The van der Waals surface area contributed by atoms with Crippen LogP contribution in [0.4, 0.5) is 4.39 Å². The summed E-state index contributed by atoms with van der Waals surface area (Å²) in [7, 11) is 0. The van der Waals surface area contributed by atoms with Crippen LogP contribution in [-0.4, -0.2) is 5.78 Å². The molecule has 1 nitrogen and oxygen atoms in total. The highest BCUT2D eigenvalue weighted by atomic mass is 19.1. The van der Waals surface area contributed by atoms with Gasteiger partial charge in [-0.2, -0.15) is 0 Å². The number of carbonyl (C=O) groups is 1. The molecule has 0 aliphatic rings. The summed E-state index contributed by atoms with van der Waals surface area (Å²) in [4.78, 5) is 13.1. The molecule has 110 valence electrons. The third kappa shape index (κ3) is 2.29. The molecular weight excluding hydrogens is 287 g/mol. The molecule has 0 bridgehead atoms. The highest BCUT2D eigenvalue weighted by Gasteiger charge is 2.16. The summed E-state index contributed by atoms with van der Waals surface area (Å²) in [6, 6.07) is 23.5. The molecule has 4 rings (SSSR count). The van der Waals surface area contributed by atoms with Crippen molar-refractivity contribution in [2.75, 3.05) is 0 Å². The zero-order chi connectivity index (χ0) is 15.8. The molecule has 4 aromatic rings. The fourth-order valence-electron chi connectivity index (χ4n) is 3.00. The molecule has 0 N–H and O–H groups in total. The van der Waals surface area contributed by atoms with Crippen molar-refractivity contribution in [3.05, 3.63) is 95.8 Å². The van der Waals surface area contributed by atoms with E-state index in [1.54, 1.807) is 0 Å². The van der Waals surface area contributed by atoms with Crippen LogP contribution in [0.15, 0.2) is 78.9 Å². The predicted octanol–water partition coefficient (Wildman–Crippen LogP) is 5.36. The highest BCUT2D eigenvalue weighted by molar-refractivity contribution is 6.24. The molecule has 23 heavy (non-hydrogen) atoms. The molecule has 0 radical (unpaired) electrons. The van der Waals surface area contributed by atoms with Crippen LogP contribution < -0.4 is 0 Å². The van der Waals surface area contributed by atoms with E-state index < -0.39 is 0 Å². The first-order valence-electron chi connectivity index (χ1n) is 7.45. The zero-order valence-electron chi connectivity index (χ0n) is 12.3. The molecule has 0 aromatic heterocycles. The van der Waals surface area contributed by atoms with Gasteiger partial charge >= 0.3 is 0 Å². The third-order valence-corrected chi connectivity index (χ3v) is 4.10. The van der Waals surface area contributed by atoms with Crippen LogP contribution in [0.3, 0.4) is 0 Å². The summed E-state index contributed by atoms with van der Waals surface area (Å²) < 4.78 is 13.1. The molecule has 0 amide bonds. The van der Waals surface area contributed by atoms with Crippen LogP contribution in [-0.2, 0) is 0 Å². The van der Waals surface area contributed by atoms with Gasteiger partial charge in [0.2, 0.25) is 0 Å². The van der Waals surface area contributed by atoms with Gasteiger partial charge in [0.05, 0.1) is 0 Å². The fraction of sp³-hybridized carbons (Fsp3) is 0. The fourth-order valence-corrected chi connectivity index (χ4v) is 3.00. The zero-order valence-corrected chi connectivity index (χ0v) is 12.3. The average molecular weight is 300 g/mol. The van der Waals surface area contributed by atoms with Crippen molar-refractivity contribution in [2.45, 2.75) is 0 Å². The molecule has 0 spiro atoms. The maximum absolute atomic E-state index is 13.1. The number of halogens is 1. The molecule has 0 aliphatic heterocycles. The molecular formula is C21H13FO. The van der Waals surface area contributed by atoms with E-state index in [1.807, 2.05) is 48.5 Å². The van der Waals surface area contributed by atoms with E-state index in [1.165, 1.54) is 24.3 Å². The largest absolute Gasteiger partial charge is 0.289 e. The number of fused-ring (bicyclic) bond motifs is 2. The maximum Gasteiger partial charge on any atom is 0.194 e. The Bertz CT molecular complexity index is 979. The lowest BCUT2D eigenvalue weighted by Gasteiger charge is -2.11. The highest BCUT2D eigenvalue weighted by Crippen LogP contribution is 2.30. The summed E-state index contributed by atoms with van der Waals surface area (Å²) in [5, 5.41) is 3.88. The van der Waals surface area contributed by atoms with E-state index in [4.69, 9.17) is 0 Å². The van der Waals surface area contributed by atoms with E-state index in [2.05, 4.69) is 6.07 Å². The monoisotopic (exact) mass is 300 g/mol. The van der Waals surface area contributed by atoms with Gasteiger partial charge in [0.15, 0.2) is 5.78 Å². The van der Waals surface area contributed by atoms with Crippen molar-refractivity contribution >= 4 is 27.3 Å². The van der Waals surface area contributed by atoms with E-state index in [0.717, 1.165) is 21.5 Å². The second-order valence-corrected chi connectivity index (χ2v) is 5.53. The second kappa shape index (κ2) is 5.33. The molecule has 0 aliphatic carbocycles. The van der Waals surface area contributed by atoms with Crippen LogP contribution in [0.2, 0.25) is 0 Å². The Morgan fingerprint density at radius 1 is 0.696 bits per heavy atom. The van der Waals surface area contributed by atoms with Gasteiger partial charge in [-0.1, -0.05) is 48.5 Å². The van der Waals surface area contributed by atoms with Gasteiger partial charge in [-0.15, -0.1) is 0 Å². The maximum atomic E-state index is 13.1. The quantitative estimate of drug-likeness (QED) is 0.359. The molecule has 0 unspecified atom stereocenters. The Labute approximate surface area is 133 Å². The van der Waals surface area contributed by atoms with Crippen LogP contribution in [0, 0.1) is 5.82 Å². The molecule has 0 saturated heterocycles. The predicted molar refractivity (Wildman–Crippen MR) is 91.3 cm³/mol. The third-order valence-electron chi connectivity index (χ3n) is 4.10. The van der Waals surface area contributed by atoms with Gasteiger partial charge in [0, 0.05) is 11.1 Å². The lowest BCUT2D eigenvalue weighted by molar-refractivity contribution is 0.104. The standard InChI is InChI=1S/C21H13FO/c22-17-11-9-14(10-12-17)21(23)20-18-7-3-1-5-15(18)13-16-6-2-4-8-19(16)20/h1-13H. The molecule has 0 atom stereocenters. The van der Waals surface area contributed by atoms with Crippen molar-refractivity contribution in [3.8, 4) is 0 Å². The van der Waals surface area contributed by atoms with Crippen molar-refractivity contribution in [3.63, 3.8) is 0 Å². The Balaban J connectivity index is 2.06. The van der Waals surface area contributed by atoms with Gasteiger partial charge in [-0.25, -0.2) is 4.39 Å². The number of hydrogen-bond donors (Lipinski definition) is 0. The van der Waals surface area contributed by atoms with Crippen LogP contribution in [0.25, 0.3) is 21.5 Å². The van der Waals surface area contributed by atoms with E-state index in [9.17, 15) is 9.18 Å². The summed E-state index contributed by atoms with van der Waals surface area (Å²) in [5.41, 5.74) is 1.17. The van der Waals surface area contributed by atoms with Crippen molar-refractivity contribution in [1.29, 1.82) is 0 Å². The summed E-state index contributed by atoms with van der Waals surface area (Å²) in [6.07, 6.45) is 0. The van der Waals surface area contributed by atoms with Crippen molar-refractivity contribution in [2.24, 2.45) is 0 Å². The van der Waals surface area contributed by atoms with Crippen molar-refractivity contribution in [1.82, 2.24) is 0 Å². The summed E-state index contributed by atoms with van der Waals surface area (Å²) in [5.74, 6) is -0.428. The average Bonchev–Trinajstić information content (AvgIpc) is 2.59. The number of rotatable bonds is 2. The minimum absolute atomic E-state index is 0.0852. The summed E-state index contributed by atoms with van der Waals surface area (Å²) in [6.45, 7) is 0. The van der Waals surface area contributed by atoms with Crippen LogP contribution >= 0.6 is 0 Å². The first-order valence-corrected chi connectivity index (χ1v) is 7.45. The SMILES string of the molecule is O=C(c1ccc(F)cc1)c1c2ccccc2cc2ccccc12. The molecule has 0 fully saturated rings. The Kier molecular flexibility index (Phi) is 3.16. The molecule has 4 aromatic carbocycles. The number of carbonyl (C=O) groups excluding carboxylic acids is 1. The van der Waals surface area contributed by atoms with Crippen LogP contribution in [0.1, 0.15) is 15.9 Å². The molecule has 0 heterocycles. The number of hydrogen-bond acceptors (Lipinski definition) is 1. The van der Waals surface area contributed by atoms with Crippen molar-refractivity contribution < 1.29 is 9.18 Å². The lowest BCUT2D eigenvalue weighted by atomic mass is 9.91. The first kappa shape index (κ1) is 13.6.